The van der Waals surface area contributed by atoms with Gasteiger partial charge in [0.05, 0.1) is 17.9 Å². The number of aromatic amines is 1. The normalized spacial score (nSPS) is 14.8. The summed E-state index contributed by atoms with van der Waals surface area (Å²) >= 11 is 7.39. The minimum absolute atomic E-state index is 0.104. The summed E-state index contributed by atoms with van der Waals surface area (Å²) in [7, 11) is 1.59. The number of hydrogen-bond donors (Lipinski definition) is 2. The van der Waals surface area contributed by atoms with E-state index in [0.717, 1.165) is 18.8 Å². The summed E-state index contributed by atoms with van der Waals surface area (Å²) in [5.41, 5.74) is 2.70. The molecule has 0 aliphatic carbocycles. The third-order valence-corrected chi connectivity index (χ3v) is 6.59. The Balaban J connectivity index is 1.36. The number of benzene rings is 2. The lowest BCUT2D eigenvalue weighted by Crippen LogP contribution is -2.29. The summed E-state index contributed by atoms with van der Waals surface area (Å²) in [5.74, 6) is 1.07. The van der Waals surface area contributed by atoms with Gasteiger partial charge in [-0.3, -0.25) is 9.89 Å². The molecule has 1 amide bonds. The molecule has 1 aliphatic rings. The summed E-state index contributed by atoms with van der Waals surface area (Å²) in [6.07, 6.45) is 3.78. The molecule has 1 atom stereocenters. The Labute approximate surface area is 196 Å². The molecule has 32 heavy (non-hydrogen) atoms. The summed E-state index contributed by atoms with van der Waals surface area (Å²) in [6.45, 7) is 4.02. The number of methoxy groups -OCH3 is 1. The number of nitrogens with one attached hydrogen (secondary N) is 2. The highest BCUT2D eigenvalue weighted by molar-refractivity contribution is 8.00. The van der Waals surface area contributed by atoms with Crippen molar-refractivity contribution in [2.24, 2.45) is 0 Å². The van der Waals surface area contributed by atoms with Crippen LogP contribution in [-0.4, -0.2) is 46.5 Å². The van der Waals surface area contributed by atoms with E-state index in [0.29, 0.717) is 27.3 Å². The molecule has 2 heterocycles. The van der Waals surface area contributed by atoms with Gasteiger partial charge in [0.15, 0.2) is 5.82 Å². The van der Waals surface area contributed by atoms with Gasteiger partial charge in [0.25, 0.3) is 0 Å². The van der Waals surface area contributed by atoms with Crippen LogP contribution in [0.15, 0.2) is 47.6 Å². The molecule has 2 aromatic carbocycles. The van der Waals surface area contributed by atoms with Gasteiger partial charge in [-0.05, 0) is 68.7 Å². The molecular formula is C23H26ClN5O2S. The first-order valence-electron chi connectivity index (χ1n) is 10.6. The average Bonchev–Trinajstić information content (AvgIpc) is 3.28. The van der Waals surface area contributed by atoms with Crippen LogP contribution in [0.3, 0.4) is 0 Å². The highest BCUT2D eigenvalue weighted by Gasteiger charge is 2.19. The van der Waals surface area contributed by atoms with Crippen LogP contribution >= 0.6 is 23.4 Å². The number of amides is 1. The van der Waals surface area contributed by atoms with Crippen molar-refractivity contribution in [1.29, 1.82) is 0 Å². The van der Waals surface area contributed by atoms with Gasteiger partial charge in [0.1, 0.15) is 5.75 Å². The average molecular weight is 472 g/mol. The van der Waals surface area contributed by atoms with Crippen molar-refractivity contribution in [3.8, 4) is 17.1 Å². The lowest BCUT2D eigenvalue weighted by molar-refractivity contribution is -0.115. The van der Waals surface area contributed by atoms with Gasteiger partial charge in [-0.25, -0.2) is 4.98 Å². The lowest BCUT2D eigenvalue weighted by atomic mass is 10.1. The zero-order valence-electron chi connectivity index (χ0n) is 18.1. The predicted molar refractivity (Wildman–Crippen MR) is 130 cm³/mol. The van der Waals surface area contributed by atoms with Crippen molar-refractivity contribution < 1.29 is 9.53 Å². The fourth-order valence-electron chi connectivity index (χ4n) is 3.65. The van der Waals surface area contributed by atoms with E-state index in [1.54, 1.807) is 25.3 Å². The number of anilines is 2. The fraction of sp³-hybridized carbons (Fsp3) is 0.348. The molecule has 0 radical (unpaired) electrons. The second-order valence-corrected chi connectivity index (χ2v) is 9.40. The number of rotatable bonds is 7. The third-order valence-electron chi connectivity index (χ3n) is 5.39. The van der Waals surface area contributed by atoms with Crippen molar-refractivity contribution in [2.45, 2.75) is 36.6 Å². The number of carbonyl (C=O) groups is 1. The van der Waals surface area contributed by atoms with Gasteiger partial charge in [-0.2, -0.15) is 0 Å². The number of carbonyl (C=O) groups excluding carboxylic acids is 1. The molecular weight excluding hydrogens is 446 g/mol. The number of ether oxygens (including phenoxy) is 1. The molecule has 2 N–H and O–H groups in total. The monoisotopic (exact) mass is 471 g/mol. The van der Waals surface area contributed by atoms with Crippen LogP contribution in [0.5, 0.6) is 5.75 Å². The SMILES string of the molecule is COc1ccc(Cl)cc1-c1nc(SC(C)C(=O)Nc2ccc(N3CCCCC3)cc2)n[nH]1. The summed E-state index contributed by atoms with van der Waals surface area (Å²) in [5, 5.41) is 10.8. The van der Waals surface area contributed by atoms with Gasteiger partial charge in [-0.1, -0.05) is 23.4 Å². The number of hydrogen-bond acceptors (Lipinski definition) is 6. The maximum absolute atomic E-state index is 12.7. The van der Waals surface area contributed by atoms with Gasteiger partial charge in [0, 0.05) is 29.5 Å². The van der Waals surface area contributed by atoms with E-state index in [-0.39, 0.29) is 11.2 Å². The van der Waals surface area contributed by atoms with Crippen LogP contribution in [0, 0.1) is 0 Å². The molecule has 1 unspecified atom stereocenters. The molecule has 7 nitrogen and oxygen atoms in total. The molecule has 1 fully saturated rings. The van der Waals surface area contributed by atoms with Gasteiger partial charge in [0.2, 0.25) is 11.1 Å². The largest absolute Gasteiger partial charge is 0.496 e. The number of H-pyrrole nitrogens is 1. The van der Waals surface area contributed by atoms with Crippen LogP contribution in [0.4, 0.5) is 11.4 Å². The molecule has 1 aromatic heterocycles. The molecule has 9 heteroatoms. The highest BCUT2D eigenvalue weighted by atomic mass is 35.5. The Morgan fingerprint density at radius 3 is 2.66 bits per heavy atom. The molecule has 168 valence electrons. The third kappa shape index (κ3) is 5.37. The zero-order chi connectivity index (χ0) is 22.5. The summed E-state index contributed by atoms with van der Waals surface area (Å²) in [4.78, 5) is 19.6. The van der Waals surface area contributed by atoms with E-state index in [2.05, 4.69) is 37.5 Å². The minimum Gasteiger partial charge on any atom is -0.496 e. The van der Waals surface area contributed by atoms with Gasteiger partial charge < -0.3 is 15.0 Å². The van der Waals surface area contributed by atoms with Crippen molar-refractivity contribution in [3.63, 3.8) is 0 Å². The Bertz CT molecular complexity index is 1070. The van der Waals surface area contributed by atoms with Crippen LogP contribution in [-0.2, 0) is 4.79 Å². The molecule has 0 spiro atoms. The Hall–Kier alpha value is -2.71. The van der Waals surface area contributed by atoms with E-state index < -0.39 is 0 Å². The van der Waals surface area contributed by atoms with Crippen molar-refractivity contribution in [3.05, 3.63) is 47.5 Å². The Kier molecular flexibility index (Phi) is 7.22. The van der Waals surface area contributed by atoms with Crippen LogP contribution in [0.2, 0.25) is 5.02 Å². The second-order valence-electron chi connectivity index (χ2n) is 7.66. The highest BCUT2D eigenvalue weighted by Crippen LogP contribution is 2.32. The quantitative estimate of drug-likeness (QED) is 0.458. The maximum atomic E-state index is 12.7. The summed E-state index contributed by atoms with van der Waals surface area (Å²) < 4.78 is 5.38. The summed E-state index contributed by atoms with van der Waals surface area (Å²) in [6, 6.07) is 13.3. The number of aromatic nitrogens is 3. The predicted octanol–water partition coefficient (Wildman–Crippen LogP) is 5.24. The van der Waals surface area contributed by atoms with Crippen LogP contribution in [0.1, 0.15) is 26.2 Å². The van der Waals surface area contributed by atoms with E-state index in [1.165, 1.54) is 36.7 Å². The molecule has 4 rings (SSSR count). The number of nitrogens with zero attached hydrogens (tertiary/aromatic N) is 3. The minimum atomic E-state index is -0.373. The lowest BCUT2D eigenvalue weighted by Gasteiger charge is -2.28. The first-order valence-corrected chi connectivity index (χ1v) is 11.9. The molecule has 1 aliphatic heterocycles. The van der Waals surface area contributed by atoms with Crippen LogP contribution < -0.4 is 15.0 Å². The number of halogens is 1. The Morgan fingerprint density at radius 1 is 1.19 bits per heavy atom. The standard InChI is InChI=1S/C23H26ClN5O2S/c1-15(22(30)25-17-7-9-18(10-8-17)29-12-4-3-5-13-29)32-23-26-21(27-28-23)19-14-16(24)6-11-20(19)31-2/h6-11,14-15H,3-5,12-13H2,1-2H3,(H,25,30)(H,26,27,28). The second kappa shape index (κ2) is 10.3. The van der Waals surface area contributed by atoms with E-state index >= 15 is 0 Å². The van der Waals surface area contributed by atoms with Crippen molar-refractivity contribution >= 4 is 40.6 Å². The van der Waals surface area contributed by atoms with Crippen molar-refractivity contribution in [2.75, 3.05) is 30.4 Å². The smallest absolute Gasteiger partial charge is 0.237 e. The fourth-order valence-corrected chi connectivity index (χ4v) is 4.54. The number of piperidine rings is 1. The molecule has 0 bridgehead atoms. The van der Waals surface area contributed by atoms with Gasteiger partial charge in [-0.15, -0.1) is 5.10 Å². The number of thioether (sulfide) groups is 1. The van der Waals surface area contributed by atoms with E-state index in [9.17, 15) is 4.79 Å². The Morgan fingerprint density at radius 2 is 1.94 bits per heavy atom. The van der Waals surface area contributed by atoms with E-state index in [4.69, 9.17) is 16.3 Å². The molecule has 0 saturated carbocycles. The van der Waals surface area contributed by atoms with Gasteiger partial charge >= 0.3 is 0 Å². The van der Waals surface area contributed by atoms with E-state index in [1.807, 2.05) is 19.1 Å². The first-order chi connectivity index (χ1) is 15.5. The first kappa shape index (κ1) is 22.5. The zero-order valence-corrected chi connectivity index (χ0v) is 19.7. The topological polar surface area (TPSA) is 83.1 Å². The maximum Gasteiger partial charge on any atom is 0.237 e. The van der Waals surface area contributed by atoms with Crippen molar-refractivity contribution in [1.82, 2.24) is 15.2 Å². The van der Waals surface area contributed by atoms with Crippen LogP contribution in [0.25, 0.3) is 11.4 Å². The molecule has 3 aromatic rings. The molecule has 1 saturated heterocycles.